The first-order chi connectivity index (χ1) is 17.6. The van der Waals surface area contributed by atoms with E-state index in [9.17, 15) is 4.79 Å². The lowest BCUT2D eigenvalue weighted by Crippen LogP contribution is -2.38. The Hall–Kier alpha value is -3.29. The summed E-state index contributed by atoms with van der Waals surface area (Å²) in [6.45, 7) is 7.35. The maximum Gasteiger partial charge on any atom is 0.328 e. The van der Waals surface area contributed by atoms with Gasteiger partial charge in [0.1, 0.15) is 0 Å². The lowest BCUT2D eigenvalue weighted by Gasteiger charge is -2.32. The van der Waals surface area contributed by atoms with Crippen LogP contribution in [0.2, 0.25) is 0 Å². The first-order valence-electron chi connectivity index (χ1n) is 13.4. The van der Waals surface area contributed by atoms with Gasteiger partial charge in [0.25, 0.3) is 0 Å². The van der Waals surface area contributed by atoms with Gasteiger partial charge in [-0.3, -0.25) is 14.1 Å². The maximum absolute atomic E-state index is 14.1. The third kappa shape index (κ3) is 4.49. The molecule has 4 atom stereocenters. The van der Waals surface area contributed by atoms with E-state index < -0.39 is 0 Å². The summed E-state index contributed by atoms with van der Waals surface area (Å²) >= 11 is 0. The van der Waals surface area contributed by atoms with E-state index >= 15 is 0 Å². The number of aliphatic imine (C=N–C) groups is 1. The fourth-order valence-corrected chi connectivity index (χ4v) is 6.20. The molecule has 3 aromatic rings. The Morgan fingerprint density at radius 2 is 2.11 bits per heavy atom. The fourth-order valence-electron chi connectivity index (χ4n) is 6.20. The SMILES string of the molecule is CCCCc1cn(C2C(C)CCC2CC)c(=O)n1CC1(c2cccc(-c3nn[nH]n3)c2)C=CN=CC1. The molecule has 5 rings (SSSR count). The number of hydrogen-bond donors (Lipinski definition) is 1. The highest BCUT2D eigenvalue weighted by molar-refractivity contribution is 5.65. The standard InChI is InChI=1S/C28H37N7O/c1-4-6-10-24-18-34(25-20(3)11-12-21(25)5-2)27(36)35(24)19-28(13-15-29-16-14-28)23-9-7-8-22(17-23)26-30-32-33-31-26/h7-9,13,15-18,20-21,25H,4-6,10-12,14,19H2,1-3H3,(H,30,31,32,33). The van der Waals surface area contributed by atoms with E-state index in [1.165, 1.54) is 12.8 Å². The summed E-state index contributed by atoms with van der Waals surface area (Å²) < 4.78 is 4.14. The second-order valence-corrected chi connectivity index (χ2v) is 10.5. The van der Waals surface area contributed by atoms with Crippen LogP contribution >= 0.6 is 0 Å². The Labute approximate surface area is 212 Å². The van der Waals surface area contributed by atoms with Crippen LogP contribution in [-0.4, -0.2) is 36.0 Å². The molecule has 0 radical (unpaired) electrons. The maximum atomic E-state index is 14.1. The van der Waals surface area contributed by atoms with Crippen LogP contribution < -0.4 is 5.69 Å². The zero-order chi connectivity index (χ0) is 25.1. The third-order valence-electron chi connectivity index (χ3n) is 8.30. The minimum absolute atomic E-state index is 0.128. The highest BCUT2D eigenvalue weighted by Crippen LogP contribution is 2.42. The minimum atomic E-state index is -0.385. The smallest absolute Gasteiger partial charge is 0.295 e. The number of benzene rings is 1. The van der Waals surface area contributed by atoms with Crippen molar-refractivity contribution in [3.8, 4) is 11.4 Å². The molecule has 0 amide bonds. The molecular weight excluding hydrogens is 450 g/mol. The Morgan fingerprint density at radius 3 is 2.83 bits per heavy atom. The molecule has 2 aliphatic rings. The van der Waals surface area contributed by atoms with Crippen LogP contribution in [0.5, 0.6) is 0 Å². The highest BCUT2D eigenvalue weighted by Gasteiger charge is 2.37. The van der Waals surface area contributed by atoms with Gasteiger partial charge in [0, 0.05) is 47.9 Å². The predicted molar refractivity (Wildman–Crippen MR) is 142 cm³/mol. The molecule has 0 spiro atoms. The number of rotatable bonds is 9. The molecule has 190 valence electrons. The van der Waals surface area contributed by atoms with Gasteiger partial charge in [-0.25, -0.2) is 4.79 Å². The van der Waals surface area contributed by atoms with Crippen LogP contribution in [0.25, 0.3) is 11.4 Å². The average molecular weight is 488 g/mol. The van der Waals surface area contributed by atoms with Crippen LogP contribution in [0, 0.1) is 11.8 Å². The summed E-state index contributed by atoms with van der Waals surface area (Å²) in [6.07, 6.45) is 15.5. The zero-order valence-corrected chi connectivity index (χ0v) is 21.6. The summed E-state index contributed by atoms with van der Waals surface area (Å²) in [4.78, 5) is 18.5. The quantitative estimate of drug-likeness (QED) is 0.455. The molecule has 0 saturated heterocycles. The number of unbranched alkanes of at least 4 members (excludes halogenated alkanes) is 1. The van der Waals surface area contributed by atoms with Crippen molar-refractivity contribution < 1.29 is 0 Å². The topological polar surface area (TPSA) is 93.8 Å². The number of imidazole rings is 1. The predicted octanol–water partition coefficient (Wildman–Crippen LogP) is 5.10. The van der Waals surface area contributed by atoms with Gasteiger partial charge >= 0.3 is 5.69 Å². The van der Waals surface area contributed by atoms with E-state index in [-0.39, 0.29) is 17.1 Å². The van der Waals surface area contributed by atoms with Gasteiger partial charge < -0.3 is 0 Å². The summed E-state index contributed by atoms with van der Waals surface area (Å²) in [5.41, 5.74) is 2.90. The Balaban J connectivity index is 1.58. The number of aromatic nitrogens is 6. The van der Waals surface area contributed by atoms with Gasteiger partial charge in [-0.1, -0.05) is 57.9 Å². The third-order valence-corrected chi connectivity index (χ3v) is 8.30. The lowest BCUT2D eigenvalue weighted by atomic mass is 9.76. The Morgan fingerprint density at radius 1 is 1.22 bits per heavy atom. The van der Waals surface area contributed by atoms with Crippen LogP contribution in [0.3, 0.4) is 0 Å². The number of tetrazole rings is 1. The van der Waals surface area contributed by atoms with Crippen LogP contribution in [-0.2, 0) is 18.4 Å². The van der Waals surface area contributed by atoms with Crippen LogP contribution in [0.4, 0.5) is 0 Å². The molecule has 0 bridgehead atoms. The average Bonchev–Trinajstić information content (AvgIpc) is 3.64. The molecule has 2 aromatic heterocycles. The van der Waals surface area contributed by atoms with Gasteiger partial charge in [-0.2, -0.15) is 5.21 Å². The van der Waals surface area contributed by atoms with E-state index in [1.807, 2.05) is 24.5 Å². The van der Waals surface area contributed by atoms with E-state index in [0.717, 1.165) is 48.9 Å². The summed E-state index contributed by atoms with van der Waals surface area (Å²) in [5.74, 6) is 1.65. The monoisotopic (exact) mass is 487 g/mol. The van der Waals surface area contributed by atoms with Crippen molar-refractivity contribution in [2.24, 2.45) is 16.8 Å². The number of nitrogens with zero attached hydrogens (tertiary/aromatic N) is 6. The molecule has 1 aromatic carbocycles. The van der Waals surface area contributed by atoms with Gasteiger partial charge in [-0.15, -0.1) is 10.2 Å². The summed E-state index contributed by atoms with van der Waals surface area (Å²) in [7, 11) is 0. The molecule has 1 aliphatic heterocycles. The second-order valence-electron chi connectivity index (χ2n) is 10.5. The molecule has 3 heterocycles. The van der Waals surface area contributed by atoms with Crippen molar-refractivity contribution in [1.82, 2.24) is 29.8 Å². The van der Waals surface area contributed by atoms with Crippen molar-refractivity contribution in [1.29, 1.82) is 0 Å². The summed E-state index contributed by atoms with van der Waals surface area (Å²) in [6, 6.07) is 8.55. The molecule has 1 fully saturated rings. The van der Waals surface area contributed by atoms with Crippen molar-refractivity contribution in [2.45, 2.75) is 83.7 Å². The zero-order valence-electron chi connectivity index (χ0n) is 21.6. The number of aryl methyl sites for hydroxylation is 1. The van der Waals surface area contributed by atoms with Crippen molar-refractivity contribution in [2.75, 3.05) is 0 Å². The first-order valence-corrected chi connectivity index (χ1v) is 13.4. The van der Waals surface area contributed by atoms with Gasteiger partial charge in [0.15, 0.2) is 0 Å². The highest BCUT2D eigenvalue weighted by atomic mass is 16.1. The molecule has 1 aliphatic carbocycles. The Kier molecular flexibility index (Phi) is 7.03. The molecule has 8 heteroatoms. The van der Waals surface area contributed by atoms with Gasteiger partial charge in [0.2, 0.25) is 5.82 Å². The largest absolute Gasteiger partial charge is 0.328 e. The molecule has 1 saturated carbocycles. The fraction of sp³-hybridized carbons (Fsp3) is 0.536. The number of nitrogens with one attached hydrogen (secondary N) is 1. The molecule has 36 heavy (non-hydrogen) atoms. The molecule has 8 nitrogen and oxygen atoms in total. The van der Waals surface area contributed by atoms with Crippen molar-refractivity contribution in [3.63, 3.8) is 0 Å². The molecule has 1 N–H and O–H groups in total. The second kappa shape index (κ2) is 10.4. The normalized spacial score (nSPS) is 25.6. The van der Waals surface area contributed by atoms with Crippen LogP contribution in [0.15, 0.2) is 52.5 Å². The van der Waals surface area contributed by atoms with Crippen LogP contribution in [0.1, 0.15) is 76.6 Å². The molecule has 4 unspecified atom stereocenters. The van der Waals surface area contributed by atoms with Gasteiger partial charge in [0.05, 0.1) is 0 Å². The van der Waals surface area contributed by atoms with Crippen molar-refractivity contribution in [3.05, 3.63) is 64.5 Å². The number of allylic oxidation sites excluding steroid dienone is 1. The van der Waals surface area contributed by atoms with E-state index in [2.05, 4.69) is 79.9 Å². The number of H-pyrrole nitrogens is 1. The first kappa shape index (κ1) is 24.4. The minimum Gasteiger partial charge on any atom is -0.295 e. The van der Waals surface area contributed by atoms with E-state index in [0.29, 0.717) is 24.2 Å². The lowest BCUT2D eigenvalue weighted by molar-refractivity contribution is 0.305. The van der Waals surface area contributed by atoms with E-state index in [1.54, 1.807) is 0 Å². The van der Waals surface area contributed by atoms with Crippen molar-refractivity contribution >= 4 is 6.21 Å². The van der Waals surface area contributed by atoms with Gasteiger partial charge in [-0.05, 0) is 60.8 Å². The number of aromatic amines is 1. The molecular formula is C28H37N7O. The van der Waals surface area contributed by atoms with E-state index in [4.69, 9.17) is 0 Å². The number of hydrogen-bond acceptors (Lipinski definition) is 5. The Bertz CT molecular complexity index is 1290. The summed E-state index contributed by atoms with van der Waals surface area (Å²) in [5, 5.41) is 14.6.